The van der Waals surface area contributed by atoms with Crippen molar-refractivity contribution in [3.8, 4) is 11.3 Å². The standard InChI is InChI=1S/C15H11ClN2O/c16-10-5-3-4-9(8-10)14-13(17)15(19)11-6-1-2-7-12(11)18-14/h1-8H,17H2,(H,18,19). The van der Waals surface area contributed by atoms with E-state index in [-0.39, 0.29) is 11.1 Å². The van der Waals surface area contributed by atoms with Gasteiger partial charge in [-0.25, -0.2) is 0 Å². The molecule has 3 N–H and O–H groups in total. The lowest BCUT2D eigenvalue weighted by molar-refractivity contribution is 1.38. The third-order valence-electron chi connectivity index (χ3n) is 3.06. The van der Waals surface area contributed by atoms with Gasteiger partial charge in [-0.3, -0.25) is 4.79 Å². The zero-order chi connectivity index (χ0) is 13.4. The van der Waals surface area contributed by atoms with E-state index < -0.39 is 0 Å². The summed E-state index contributed by atoms with van der Waals surface area (Å²) in [5.74, 6) is 0. The van der Waals surface area contributed by atoms with Crippen molar-refractivity contribution in [2.75, 3.05) is 5.73 Å². The zero-order valence-corrected chi connectivity index (χ0v) is 10.7. The normalized spacial score (nSPS) is 10.8. The quantitative estimate of drug-likeness (QED) is 0.712. The Morgan fingerprint density at radius 2 is 1.84 bits per heavy atom. The number of hydrogen-bond acceptors (Lipinski definition) is 2. The fourth-order valence-corrected chi connectivity index (χ4v) is 2.31. The third kappa shape index (κ3) is 1.98. The molecule has 0 saturated heterocycles. The van der Waals surface area contributed by atoms with Crippen LogP contribution in [0.15, 0.2) is 53.3 Å². The highest BCUT2D eigenvalue weighted by atomic mass is 35.5. The summed E-state index contributed by atoms with van der Waals surface area (Å²) >= 11 is 5.97. The lowest BCUT2D eigenvalue weighted by Gasteiger charge is -2.08. The first kappa shape index (κ1) is 11.8. The van der Waals surface area contributed by atoms with Crippen molar-refractivity contribution in [3.63, 3.8) is 0 Å². The summed E-state index contributed by atoms with van der Waals surface area (Å²) in [5.41, 5.74) is 8.15. The van der Waals surface area contributed by atoms with Crippen molar-refractivity contribution in [2.24, 2.45) is 0 Å². The van der Waals surface area contributed by atoms with Gasteiger partial charge >= 0.3 is 0 Å². The molecule has 3 nitrogen and oxygen atoms in total. The molecule has 0 aliphatic carbocycles. The summed E-state index contributed by atoms with van der Waals surface area (Å²) in [6.45, 7) is 0. The average molecular weight is 271 g/mol. The molecule has 2 aromatic carbocycles. The molecule has 0 aliphatic heterocycles. The molecule has 3 aromatic rings. The van der Waals surface area contributed by atoms with E-state index >= 15 is 0 Å². The number of para-hydroxylation sites is 1. The van der Waals surface area contributed by atoms with Crippen LogP contribution in [0.2, 0.25) is 5.02 Å². The first-order chi connectivity index (χ1) is 9.16. The van der Waals surface area contributed by atoms with Gasteiger partial charge in [0.05, 0.1) is 5.69 Å². The van der Waals surface area contributed by atoms with E-state index in [1.165, 1.54) is 0 Å². The van der Waals surface area contributed by atoms with Crippen molar-refractivity contribution >= 4 is 28.2 Å². The predicted octanol–water partition coefficient (Wildman–Crippen LogP) is 3.43. The van der Waals surface area contributed by atoms with E-state index in [4.69, 9.17) is 17.3 Å². The second-order valence-corrected chi connectivity index (χ2v) is 4.74. The first-order valence-corrected chi connectivity index (χ1v) is 6.21. The minimum absolute atomic E-state index is 0.163. The molecule has 0 radical (unpaired) electrons. The molecule has 0 spiro atoms. The van der Waals surface area contributed by atoms with Crippen LogP contribution >= 0.6 is 11.6 Å². The van der Waals surface area contributed by atoms with E-state index in [1.807, 2.05) is 30.3 Å². The predicted molar refractivity (Wildman–Crippen MR) is 79.4 cm³/mol. The fraction of sp³-hybridized carbons (Fsp3) is 0. The molecule has 1 heterocycles. The summed E-state index contributed by atoms with van der Waals surface area (Å²) in [6.07, 6.45) is 0. The molecule has 0 aliphatic rings. The summed E-state index contributed by atoms with van der Waals surface area (Å²) in [7, 11) is 0. The van der Waals surface area contributed by atoms with E-state index in [2.05, 4.69) is 4.98 Å². The SMILES string of the molecule is Nc1c(-c2cccc(Cl)c2)[nH]c2ccccc2c1=O. The molecule has 0 amide bonds. The third-order valence-corrected chi connectivity index (χ3v) is 3.29. The van der Waals surface area contributed by atoms with Crippen LogP contribution in [0.25, 0.3) is 22.2 Å². The van der Waals surface area contributed by atoms with Crippen LogP contribution in [-0.4, -0.2) is 4.98 Å². The summed E-state index contributed by atoms with van der Waals surface area (Å²) in [6, 6.07) is 14.5. The van der Waals surface area contributed by atoms with Crippen LogP contribution in [-0.2, 0) is 0 Å². The number of halogens is 1. The van der Waals surface area contributed by atoms with Crippen LogP contribution in [0, 0.1) is 0 Å². The molecule has 0 unspecified atom stereocenters. The highest BCUT2D eigenvalue weighted by Gasteiger charge is 2.10. The van der Waals surface area contributed by atoms with E-state index in [0.717, 1.165) is 11.1 Å². The number of benzene rings is 2. The maximum absolute atomic E-state index is 12.2. The monoisotopic (exact) mass is 270 g/mol. The van der Waals surface area contributed by atoms with Gasteiger partial charge in [-0.2, -0.15) is 0 Å². The number of rotatable bonds is 1. The second-order valence-electron chi connectivity index (χ2n) is 4.30. The molecule has 4 heteroatoms. The van der Waals surface area contributed by atoms with Crippen molar-refractivity contribution in [3.05, 3.63) is 63.8 Å². The smallest absolute Gasteiger partial charge is 0.212 e. The van der Waals surface area contributed by atoms with Crippen LogP contribution in [0.1, 0.15) is 0 Å². The topological polar surface area (TPSA) is 58.9 Å². The van der Waals surface area contributed by atoms with Crippen molar-refractivity contribution in [1.29, 1.82) is 0 Å². The minimum Gasteiger partial charge on any atom is -0.394 e. The van der Waals surface area contributed by atoms with Crippen LogP contribution in [0.4, 0.5) is 5.69 Å². The number of aromatic amines is 1. The molecule has 94 valence electrons. The Bertz CT molecular complexity index is 824. The number of hydrogen-bond donors (Lipinski definition) is 2. The van der Waals surface area contributed by atoms with Crippen LogP contribution < -0.4 is 11.2 Å². The lowest BCUT2D eigenvalue weighted by atomic mass is 10.1. The molecule has 1 aromatic heterocycles. The number of nitrogens with one attached hydrogen (secondary N) is 1. The fourth-order valence-electron chi connectivity index (χ4n) is 2.12. The Kier molecular flexibility index (Phi) is 2.76. The van der Waals surface area contributed by atoms with Gasteiger partial charge in [-0.05, 0) is 24.3 Å². The van der Waals surface area contributed by atoms with E-state index in [1.54, 1.807) is 18.2 Å². The largest absolute Gasteiger partial charge is 0.394 e. The molecule has 19 heavy (non-hydrogen) atoms. The van der Waals surface area contributed by atoms with Crippen molar-refractivity contribution < 1.29 is 0 Å². The summed E-state index contributed by atoms with van der Waals surface area (Å²) in [5, 5.41) is 1.19. The van der Waals surface area contributed by atoms with Crippen LogP contribution in [0.5, 0.6) is 0 Å². The number of pyridine rings is 1. The Labute approximate surface area is 114 Å². The highest BCUT2D eigenvalue weighted by Crippen LogP contribution is 2.26. The Hall–Kier alpha value is -2.26. The second kappa shape index (κ2) is 4.44. The van der Waals surface area contributed by atoms with E-state index in [0.29, 0.717) is 16.1 Å². The van der Waals surface area contributed by atoms with Gasteiger partial charge in [-0.15, -0.1) is 0 Å². The van der Waals surface area contributed by atoms with Crippen LogP contribution in [0.3, 0.4) is 0 Å². The van der Waals surface area contributed by atoms with Gasteiger partial charge in [0.15, 0.2) is 0 Å². The molecule has 3 rings (SSSR count). The van der Waals surface area contributed by atoms with Gasteiger partial charge in [0.2, 0.25) is 5.43 Å². The van der Waals surface area contributed by atoms with E-state index in [9.17, 15) is 4.79 Å². The Morgan fingerprint density at radius 3 is 2.63 bits per heavy atom. The molecule has 0 bridgehead atoms. The molecular weight excluding hydrogens is 260 g/mol. The van der Waals surface area contributed by atoms with Gasteiger partial charge in [0, 0.05) is 21.5 Å². The van der Waals surface area contributed by atoms with Gasteiger partial charge in [0.1, 0.15) is 5.69 Å². The zero-order valence-electron chi connectivity index (χ0n) is 9.98. The Morgan fingerprint density at radius 1 is 1.05 bits per heavy atom. The maximum Gasteiger partial charge on any atom is 0.212 e. The Balaban J connectivity index is 2.36. The highest BCUT2D eigenvalue weighted by molar-refractivity contribution is 6.30. The number of nitrogens with two attached hydrogens (primary N) is 1. The van der Waals surface area contributed by atoms with Gasteiger partial charge in [-0.1, -0.05) is 35.9 Å². The van der Waals surface area contributed by atoms with Crippen molar-refractivity contribution in [2.45, 2.75) is 0 Å². The maximum atomic E-state index is 12.2. The number of aromatic nitrogens is 1. The molecular formula is C15H11ClN2O. The molecule has 0 saturated carbocycles. The number of anilines is 1. The van der Waals surface area contributed by atoms with Crippen molar-refractivity contribution in [1.82, 2.24) is 4.98 Å². The first-order valence-electron chi connectivity index (χ1n) is 5.83. The lowest BCUT2D eigenvalue weighted by Crippen LogP contribution is -2.11. The minimum atomic E-state index is -0.163. The number of nitrogen functional groups attached to an aromatic ring is 1. The average Bonchev–Trinajstić information content (AvgIpc) is 2.43. The molecule has 0 fully saturated rings. The van der Waals surface area contributed by atoms with Gasteiger partial charge < -0.3 is 10.7 Å². The number of H-pyrrole nitrogens is 1. The number of fused-ring (bicyclic) bond motifs is 1. The summed E-state index contributed by atoms with van der Waals surface area (Å²) < 4.78 is 0. The van der Waals surface area contributed by atoms with Gasteiger partial charge in [0.25, 0.3) is 0 Å². The summed E-state index contributed by atoms with van der Waals surface area (Å²) in [4.78, 5) is 15.4. The molecule has 0 atom stereocenters.